The summed E-state index contributed by atoms with van der Waals surface area (Å²) in [5, 5.41) is 11.1. The summed E-state index contributed by atoms with van der Waals surface area (Å²) in [5.41, 5.74) is 3.04. The summed E-state index contributed by atoms with van der Waals surface area (Å²) >= 11 is 12.6. The zero-order chi connectivity index (χ0) is 30.6. The van der Waals surface area contributed by atoms with Gasteiger partial charge in [-0.3, -0.25) is 9.36 Å². The van der Waals surface area contributed by atoms with Crippen LogP contribution in [0.2, 0.25) is 10.0 Å². The van der Waals surface area contributed by atoms with Gasteiger partial charge in [0.25, 0.3) is 0 Å². The summed E-state index contributed by atoms with van der Waals surface area (Å²) in [6.45, 7) is 3.99. The van der Waals surface area contributed by atoms with E-state index in [4.69, 9.17) is 23.2 Å². The minimum absolute atomic E-state index is 0.0233. The van der Waals surface area contributed by atoms with Crippen molar-refractivity contribution in [2.75, 3.05) is 11.9 Å². The molecule has 4 aromatic rings. The first-order valence-corrected chi connectivity index (χ1v) is 13.7. The molecule has 0 aliphatic heterocycles. The number of rotatable bonds is 8. The van der Waals surface area contributed by atoms with Crippen molar-refractivity contribution >= 4 is 57.7 Å². The molecule has 0 spiro atoms. The molecule has 0 radical (unpaired) electrons. The van der Waals surface area contributed by atoms with Gasteiger partial charge in [-0.25, -0.2) is 14.8 Å². The fraction of sp³-hybridized carbons (Fsp3) is 0.286. The third-order valence-electron chi connectivity index (χ3n) is 6.22. The van der Waals surface area contributed by atoms with Gasteiger partial charge in [0.05, 0.1) is 39.9 Å². The zero-order valence-corrected chi connectivity index (χ0v) is 24.4. The first-order chi connectivity index (χ1) is 19.9. The highest BCUT2D eigenvalue weighted by Gasteiger charge is 2.29. The molecule has 0 bridgehead atoms. The van der Waals surface area contributed by atoms with Gasteiger partial charge in [-0.2, -0.15) is 13.2 Å². The number of nitrogens with zero attached hydrogens (tertiary/aromatic N) is 5. The molecule has 2 heterocycles. The Morgan fingerprint density at radius 3 is 2.40 bits per heavy atom. The van der Waals surface area contributed by atoms with E-state index in [0.717, 1.165) is 5.01 Å². The fourth-order valence-electron chi connectivity index (χ4n) is 4.24. The molecule has 42 heavy (non-hydrogen) atoms. The lowest BCUT2D eigenvalue weighted by Gasteiger charge is -2.22. The smallest absolute Gasteiger partial charge is 0.353 e. The summed E-state index contributed by atoms with van der Waals surface area (Å²) in [5.74, 6) is -0.264. The van der Waals surface area contributed by atoms with Crippen molar-refractivity contribution in [3.63, 3.8) is 0 Å². The average Bonchev–Trinajstić information content (AvgIpc) is 3.37. The van der Waals surface area contributed by atoms with E-state index >= 15 is 0 Å². The van der Waals surface area contributed by atoms with Gasteiger partial charge in [0, 0.05) is 18.4 Å². The van der Waals surface area contributed by atoms with Crippen LogP contribution in [0.4, 0.5) is 29.3 Å². The molecule has 2 amide bonds. The number of para-hydroxylation sites is 2. The Morgan fingerprint density at radius 2 is 1.76 bits per heavy atom. The highest BCUT2D eigenvalue weighted by Crippen LogP contribution is 2.33. The summed E-state index contributed by atoms with van der Waals surface area (Å²) in [6.07, 6.45) is -1.57. The van der Waals surface area contributed by atoms with E-state index in [2.05, 4.69) is 15.4 Å². The number of anilines is 2. The predicted octanol–water partition coefficient (Wildman–Crippen LogP) is 6.59. The Labute approximate surface area is 249 Å². The lowest BCUT2D eigenvalue weighted by atomic mass is 10.1. The number of nitrogens with one attached hydrogen (secondary N) is 2. The molecule has 4 rings (SSSR count). The molecule has 0 unspecified atom stereocenters. The van der Waals surface area contributed by atoms with Gasteiger partial charge in [0.1, 0.15) is 6.54 Å². The average molecular weight is 622 g/mol. The van der Waals surface area contributed by atoms with E-state index < -0.39 is 24.8 Å². The summed E-state index contributed by atoms with van der Waals surface area (Å²) in [7, 11) is 0. The van der Waals surface area contributed by atoms with Crippen molar-refractivity contribution in [1.82, 2.24) is 24.4 Å². The lowest BCUT2D eigenvalue weighted by molar-refractivity contribution is -0.123. The molecule has 0 aliphatic carbocycles. The van der Waals surface area contributed by atoms with Crippen LogP contribution in [0.1, 0.15) is 31.1 Å². The Kier molecular flexibility index (Phi) is 9.47. The number of carbonyl (C=O) groups excluding carboxylic acids is 2. The van der Waals surface area contributed by atoms with Crippen LogP contribution in [0.25, 0.3) is 11.2 Å². The van der Waals surface area contributed by atoms with Crippen LogP contribution in [0.15, 0.2) is 66.0 Å². The molecule has 0 saturated heterocycles. The maximum atomic E-state index is 13.5. The van der Waals surface area contributed by atoms with E-state index in [0.29, 0.717) is 44.7 Å². The Bertz CT molecular complexity index is 1660. The Hall–Kier alpha value is -4.03. The number of urea groups is 1. The van der Waals surface area contributed by atoms with Gasteiger partial charge >= 0.3 is 12.2 Å². The van der Waals surface area contributed by atoms with Crippen LogP contribution in [-0.2, 0) is 13.0 Å². The molecule has 0 saturated carbocycles. The molecule has 2 aromatic heterocycles. The maximum absolute atomic E-state index is 13.5. The Morgan fingerprint density at radius 1 is 1.07 bits per heavy atom. The number of carbonyl (C=O) groups is 2. The first-order valence-electron chi connectivity index (χ1n) is 13.0. The van der Waals surface area contributed by atoms with Crippen LogP contribution in [0, 0.1) is 0 Å². The topological polar surface area (TPSA) is 96.6 Å². The van der Waals surface area contributed by atoms with Gasteiger partial charge in [-0.15, -0.1) is 5.10 Å². The second-order valence-corrected chi connectivity index (χ2v) is 10.3. The third kappa shape index (κ3) is 7.05. The zero-order valence-electron chi connectivity index (χ0n) is 22.9. The second-order valence-electron chi connectivity index (χ2n) is 9.52. The van der Waals surface area contributed by atoms with Crippen LogP contribution in [0.3, 0.4) is 0 Å². The fourth-order valence-corrected chi connectivity index (χ4v) is 4.73. The molecular weight excluding hydrogens is 594 g/mol. The number of aromatic nitrogens is 3. The molecular formula is C28H28Cl2F3N7O2. The number of fused-ring (bicyclic) bond motifs is 1. The number of halogens is 5. The lowest BCUT2D eigenvalue weighted by Crippen LogP contribution is -2.45. The van der Waals surface area contributed by atoms with Gasteiger partial charge < -0.3 is 15.2 Å². The minimum atomic E-state index is -4.56. The molecule has 0 aliphatic rings. The van der Waals surface area contributed by atoms with Crippen LogP contribution < -0.4 is 16.1 Å². The number of aryl methyl sites for hydroxylation is 1. The number of amides is 2. The second kappa shape index (κ2) is 12.9. The highest BCUT2D eigenvalue weighted by atomic mass is 35.5. The molecule has 0 atom stereocenters. The van der Waals surface area contributed by atoms with Crippen molar-refractivity contribution < 1.29 is 22.8 Å². The van der Waals surface area contributed by atoms with E-state index in [1.807, 2.05) is 36.5 Å². The molecule has 14 heteroatoms. The van der Waals surface area contributed by atoms with Crippen molar-refractivity contribution in [1.29, 1.82) is 0 Å². The number of hydrogen-bond donors (Lipinski definition) is 2. The predicted molar refractivity (Wildman–Crippen MR) is 156 cm³/mol. The van der Waals surface area contributed by atoms with Crippen LogP contribution in [0.5, 0.6) is 0 Å². The van der Waals surface area contributed by atoms with Crippen molar-refractivity contribution in [2.45, 2.75) is 46.0 Å². The largest absolute Gasteiger partial charge is 0.405 e. The van der Waals surface area contributed by atoms with Crippen LogP contribution in [-0.4, -0.2) is 49.8 Å². The summed E-state index contributed by atoms with van der Waals surface area (Å²) in [4.78, 5) is 30.4. The van der Waals surface area contributed by atoms with Crippen molar-refractivity contribution in [3.05, 3.63) is 82.0 Å². The van der Waals surface area contributed by atoms with E-state index in [1.54, 1.807) is 48.9 Å². The summed E-state index contributed by atoms with van der Waals surface area (Å²) < 4.78 is 41.0. The third-order valence-corrected chi connectivity index (χ3v) is 6.85. The Balaban J connectivity index is 1.64. The number of alkyl halides is 3. The van der Waals surface area contributed by atoms with Gasteiger partial charge in [0.15, 0.2) is 11.1 Å². The standard InChI is InChI=1S/C28H28Cl2F3N7O2/c1-4-38-22-12-13-39(26(22)34-15-23(38)37-40(17(2)3)27(42)35-16-28(31,32)33)24(41)14-18-8-5-6-11-21(18)36-25-19(29)9-7-10-20(25)30/h5-13,15,17,36H,4,14,16H2,1-3H3,(H,35,42)/b37-23-. The summed E-state index contributed by atoms with van der Waals surface area (Å²) in [6, 6.07) is 12.6. The SMILES string of the molecule is CCn1/c(=N\N(C(=O)NCC(F)(F)F)C(C)C)cnc2c1ccn2C(=O)Cc1ccccc1Nc1c(Cl)cccc1Cl. The monoisotopic (exact) mass is 621 g/mol. The van der Waals surface area contributed by atoms with Gasteiger partial charge in [-0.1, -0.05) is 47.5 Å². The molecule has 222 valence electrons. The normalized spacial score (nSPS) is 12.2. The van der Waals surface area contributed by atoms with Gasteiger partial charge in [-0.05, 0) is 50.6 Å². The molecule has 2 N–H and O–H groups in total. The molecule has 9 nitrogen and oxygen atoms in total. The van der Waals surface area contributed by atoms with Crippen molar-refractivity contribution in [2.24, 2.45) is 5.10 Å². The number of benzene rings is 2. The molecule has 2 aromatic carbocycles. The highest BCUT2D eigenvalue weighted by molar-refractivity contribution is 6.39. The van der Waals surface area contributed by atoms with E-state index in [9.17, 15) is 22.8 Å². The van der Waals surface area contributed by atoms with Crippen molar-refractivity contribution in [3.8, 4) is 0 Å². The molecule has 0 fully saturated rings. The van der Waals surface area contributed by atoms with E-state index in [1.165, 1.54) is 10.8 Å². The van der Waals surface area contributed by atoms with E-state index in [-0.39, 0.29) is 17.8 Å². The first kappa shape index (κ1) is 30.9. The maximum Gasteiger partial charge on any atom is 0.405 e. The van der Waals surface area contributed by atoms with Gasteiger partial charge in [0.2, 0.25) is 5.91 Å². The number of hydrogen-bond acceptors (Lipinski definition) is 5. The quantitative estimate of drug-likeness (QED) is 0.217. The minimum Gasteiger partial charge on any atom is -0.353 e. The van der Waals surface area contributed by atoms with Crippen LogP contribution >= 0.6 is 23.2 Å².